The molecule has 0 unspecified atom stereocenters. The monoisotopic (exact) mass is 255 g/mol. The summed E-state index contributed by atoms with van der Waals surface area (Å²) in [5.41, 5.74) is 0. The van der Waals surface area contributed by atoms with E-state index in [9.17, 15) is 14.4 Å². The van der Waals surface area contributed by atoms with Crippen LogP contribution in [-0.4, -0.2) is 37.6 Å². The summed E-state index contributed by atoms with van der Waals surface area (Å²) in [4.78, 5) is 34.4. The van der Waals surface area contributed by atoms with Crippen LogP contribution in [0.25, 0.3) is 0 Å². The van der Waals surface area contributed by atoms with E-state index in [2.05, 4.69) is 10.1 Å². The molecule has 1 atom stereocenters. The predicted molar refractivity (Wildman–Crippen MR) is 60.4 cm³/mol. The highest BCUT2D eigenvalue weighted by Gasteiger charge is 2.35. The average Bonchev–Trinajstić information content (AvgIpc) is 3.20. The van der Waals surface area contributed by atoms with Crippen LogP contribution in [0.15, 0.2) is 0 Å². The van der Waals surface area contributed by atoms with Gasteiger partial charge in [-0.25, -0.2) is 4.79 Å². The van der Waals surface area contributed by atoms with Crippen molar-refractivity contribution in [2.45, 2.75) is 31.7 Å². The molecule has 2 fully saturated rings. The second kappa shape index (κ2) is 5.37. The van der Waals surface area contributed by atoms with Crippen LogP contribution in [0.3, 0.4) is 0 Å². The molecular weight excluding hydrogens is 238 g/mol. The van der Waals surface area contributed by atoms with Gasteiger partial charge in [0.05, 0.1) is 13.0 Å². The van der Waals surface area contributed by atoms with Crippen LogP contribution in [-0.2, 0) is 23.9 Å². The van der Waals surface area contributed by atoms with E-state index in [1.54, 1.807) is 0 Å². The van der Waals surface area contributed by atoms with Gasteiger partial charge in [0, 0.05) is 5.92 Å². The lowest BCUT2D eigenvalue weighted by atomic mass is 10.3. The van der Waals surface area contributed by atoms with Crippen molar-refractivity contribution < 1.29 is 23.9 Å². The smallest absolute Gasteiger partial charge is 0.331 e. The quantitative estimate of drug-likeness (QED) is 0.676. The fourth-order valence-corrected chi connectivity index (χ4v) is 1.55. The summed E-state index contributed by atoms with van der Waals surface area (Å²) in [6.45, 7) is -0.152. The van der Waals surface area contributed by atoms with E-state index in [-0.39, 0.29) is 30.3 Å². The molecule has 100 valence electrons. The number of methoxy groups -OCH3 is 1. The number of hydrogen-bond donors (Lipinski definition) is 1. The molecule has 0 radical (unpaired) electrons. The molecule has 18 heavy (non-hydrogen) atoms. The Kier molecular flexibility index (Phi) is 3.84. The van der Waals surface area contributed by atoms with Gasteiger partial charge in [-0.15, -0.1) is 0 Å². The van der Waals surface area contributed by atoms with E-state index in [4.69, 9.17) is 4.74 Å². The summed E-state index contributed by atoms with van der Waals surface area (Å²) in [5.74, 6) is -1.09. The number of ether oxygens (including phenoxy) is 2. The van der Waals surface area contributed by atoms with Crippen LogP contribution in [0.4, 0.5) is 0 Å². The summed E-state index contributed by atoms with van der Waals surface area (Å²) in [5, 5.41) is 2.55. The van der Waals surface area contributed by atoms with E-state index < -0.39 is 12.0 Å². The first kappa shape index (κ1) is 12.9. The standard InChI is InChI=1S/C12H17NO5/c1-17-12(16)9(13-10(14)7-2-3-7)6-18-11(15)8-4-5-8/h7-9H,2-6H2,1H3,(H,13,14)/t9-/m0/s1. The van der Waals surface area contributed by atoms with Crippen molar-refractivity contribution in [1.29, 1.82) is 0 Å². The van der Waals surface area contributed by atoms with Crippen LogP contribution in [0.2, 0.25) is 0 Å². The number of carbonyl (C=O) groups is 3. The lowest BCUT2D eigenvalue weighted by Gasteiger charge is -2.16. The van der Waals surface area contributed by atoms with E-state index in [0.717, 1.165) is 25.7 Å². The Hall–Kier alpha value is -1.59. The molecule has 1 amide bonds. The zero-order valence-electron chi connectivity index (χ0n) is 10.3. The Morgan fingerprint density at radius 1 is 1.17 bits per heavy atom. The van der Waals surface area contributed by atoms with Gasteiger partial charge in [0.1, 0.15) is 6.61 Å². The molecule has 0 aliphatic heterocycles. The van der Waals surface area contributed by atoms with Crippen LogP contribution in [0.1, 0.15) is 25.7 Å². The third-order valence-corrected chi connectivity index (χ3v) is 3.05. The highest BCUT2D eigenvalue weighted by Crippen LogP contribution is 2.30. The molecule has 0 spiro atoms. The second-order valence-electron chi connectivity index (χ2n) is 4.76. The highest BCUT2D eigenvalue weighted by molar-refractivity contribution is 5.87. The van der Waals surface area contributed by atoms with Gasteiger partial charge in [-0.05, 0) is 25.7 Å². The Labute approximate surface area is 105 Å². The van der Waals surface area contributed by atoms with Crippen molar-refractivity contribution in [2.75, 3.05) is 13.7 Å². The van der Waals surface area contributed by atoms with Crippen molar-refractivity contribution in [1.82, 2.24) is 5.32 Å². The molecule has 2 saturated carbocycles. The van der Waals surface area contributed by atoms with Gasteiger partial charge in [-0.3, -0.25) is 9.59 Å². The summed E-state index contributed by atoms with van der Waals surface area (Å²) in [6.07, 6.45) is 3.38. The van der Waals surface area contributed by atoms with Crippen molar-refractivity contribution in [3.8, 4) is 0 Å². The maximum Gasteiger partial charge on any atom is 0.331 e. The predicted octanol–water partition coefficient (Wildman–Crippen LogP) is 0.00740. The van der Waals surface area contributed by atoms with Gasteiger partial charge in [0.15, 0.2) is 6.04 Å². The molecular formula is C12H17NO5. The van der Waals surface area contributed by atoms with Crippen molar-refractivity contribution >= 4 is 17.8 Å². The Balaban J connectivity index is 1.80. The lowest BCUT2D eigenvalue weighted by Crippen LogP contribution is -2.45. The van der Waals surface area contributed by atoms with Gasteiger partial charge in [0.25, 0.3) is 0 Å². The van der Waals surface area contributed by atoms with E-state index in [1.807, 2.05) is 0 Å². The minimum absolute atomic E-state index is 0.00344. The molecule has 0 aromatic rings. The third kappa shape index (κ3) is 3.45. The first-order valence-corrected chi connectivity index (χ1v) is 6.16. The van der Waals surface area contributed by atoms with Gasteiger partial charge in [-0.1, -0.05) is 0 Å². The summed E-state index contributed by atoms with van der Waals surface area (Å²) >= 11 is 0. The van der Waals surface area contributed by atoms with Gasteiger partial charge < -0.3 is 14.8 Å². The number of amides is 1. The average molecular weight is 255 g/mol. The van der Waals surface area contributed by atoms with E-state index in [0.29, 0.717) is 0 Å². The summed E-state index contributed by atoms with van der Waals surface area (Å²) < 4.78 is 9.57. The van der Waals surface area contributed by atoms with Crippen LogP contribution in [0, 0.1) is 11.8 Å². The molecule has 0 heterocycles. The van der Waals surface area contributed by atoms with Crippen LogP contribution >= 0.6 is 0 Å². The fraction of sp³-hybridized carbons (Fsp3) is 0.750. The number of esters is 2. The first-order valence-electron chi connectivity index (χ1n) is 6.16. The Morgan fingerprint density at radius 3 is 2.28 bits per heavy atom. The fourth-order valence-electron chi connectivity index (χ4n) is 1.55. The Bertz CT molecular complexity index is 359. The molecule has 0 aromatic carbocycles. The normalized spacial score (nSPS) is 19.8. The molecule has 1 N–H and O–H groups in total. The Morgan fingerprint density at radius 2 is 1.78 bits per heavy atom. The second-order valence-corrected chi connectivity index (χ2v) is 4.76. The molecule has 2 aliphatic rings. The lowest BCUT2D eigenvalue weighted by molar-refractivity contribution is -0.153. The third-order valence-electron chi connectivity index (χ3n) is 3.05. The van der Waals surface area contributed by atoms with E-state index >= 15 is 0 Å². The number of hydrogen-bond acceptors (Lipinski definition) is 5. The largest absolute Gasteiger partial charge is 0.467 e. The minimum atomic E-state index is -0.897. The molecule has 0 bridgehead atoms. The summed E-state index contributed by atoms with van der Waals surface area (Å²) in [6, 6.07) is -0.897. The van der Waals surface area contributed by atoms with Crippen LogP contribution < -0.4 is 5.32 Å². The van der Waals surface area contributed by atoms with Crippen molar-refractivity contribution in [2.24, 2.45) is 11.8 Å². The van der Waals surface area contributed by atoms with Crippen molar-refractivity contribution in [3.05, 3.63) is 0 Å². The topological polar surface area (TPSA) is 81.7 Å². The highest BCUT2D eigenvalue weighted by atomic mass is 16.5. The number of rotatable bonds is 6. The molecule has 0 aromatic heterocycles. The molecule has 0 saturated heterocycles. The molecule has 2 aliphatic carbocycles. The van der Waals surface area contributed by atoms with Crippen LogP contribution in [0.5, 0.6) is 0 Å². The number of nitrogens with one attached hydrogen (secondary N) is 1. The zero-order chi connectivity index (χ0) is 13.1. The molecule has 6 nitrogen and oxygen atoms in total. The van der Waals surface area contributed by atoms with Gasteiger partial charge in [0.2, 0.25) is 5.91 Å². The number of carbonyl (C=O) groups excluding carboxylic acids is 3. The maximum absolute atomic E-state index is 11.6. The minimum Gasteiger partial charge on any atom is -0.467 e. The molecule has 2 rings (SSSR count). The summed E-state index contributed by atoms with van der Waals surface area (Å²) in [7, 11) is 1.24. The van der Waals surface area contributed by atoms with Crippen molar-refractivity contribution in [3.63, 3.8) is 0 Å². The maximum atomic E-state index is 11.6. The zero-order valence-corrected chi connectivity index (χ0v) is 10.3. The SMILES string of the molecule is COC(=O)[C@H](COC(=O)C1CC1)NC(=O)C1CC1. The molecule has 6 heteroatoms. The van der Waals surface area contributed by atoms with Gasteiger partial charge >= 0.3 is 11.9 Å². The van der Waals surface area contributed by atoms with Gasteiger partial charge in [-0.2, -0.15) is 0 Å². The first-order chi connectivity index (χ1) is 8.61. The van der Waals surface area contributed by atoms with E-state index in [1.165, 1.54) is 7.11 Å².